The molecule has 0 unspecified atom stereocenters. The quantitative estimate of drug-likeness (QED) is 0.384. The van der Waals surface area contributed by atoms with E-state index in [2.05, 4.69) is 10.3 Å². The van der Waals surface area contributed by atoms with Crippen LogP contribution in [0.5, 0.6) is 0 Å². The summed E-state index contributed by atoms with van der Waals surface area (Å²) in [6, 6.07) is 15.0. The molecule has 2 aromatic rings. The number of carbonyl (C=O) groups excluding carboxylic acids is 2. The second-order valence-corrected chi connectivity index (χ2v) is 9.26. The van der Waals surface area contributed by atoms with Gasteiger partial charge in [-0.3, -0.25) is 4.79 Å². The highest BCUT2D eigenvalue weighted by molar-refractivity contribution is 8.16. The average Bonchev–Trinajstić information content (AvgIpc) is 3.25. The lowest BCUT2D eigenvalue weighted by Gasteiger charge is -2.36. The normalized spacial score (nSPS) is 17.8. The van der Waals surface area contributed by atoms with E-state index in [1.165, 1.54) is 24.9 Å². The standard InChI is InChI=1S/C27H28FN3O4S/c1-17(19-9-5-4-6-10-19)29-23(32)15-20-16-36-27-30-18(2)24(26(33)35-14-13-34-3)25(31(20)27)21-11-7-8-12-22(21)28/h4-12,16-17,25H,13-15H2,1-3H3,(H,29,32)/t17-,25+/m0/s1. The largest absolute Gasteiger partial charge is 0.460 e. The first kappa shape index (κ1) is 25.7. The summed E-state index contributed by atoms with van der Waals surface area (Å²) in [6.45, 7) is 3.92. The van der Waals surface area contributed by atoms with Gasteiger partial charge in [0.15, 0.2) is 5.17 Å². The van der Waals surface area contributed by atoms with Gasteiger partial charge >= 0.3 is 5.97 Å². The fourth-order valence-corrected chi connectivity index (χ4v) is 5.16. The Kier molecular flexibility index (Phi) is 8.22. The van der Waals surface area contributed by atoms with Crippen molar-refractivity contribution in [2.24, 2.45) is 4.99 Å². The van der Waals surface area contributed by atoms with Crippen LogP contribution in [0, 0.1) is 5.82 Å². The Morgan fingerprint density at radius 2 is 1.86 bits per heavy atom. The number of amides is 1. The van der Waals surface area contributed by atoms with Crippen LogP contribution in [0.15, 0.2) is 82.0 Å². The number of nitrogens with one attached hydrogen (secondary N) is 1. The molecule has 0 spiro atoms. The smallest absolute Gasteiger partial charge is 0.338 e. The van der Waals surface area contributed by atoms with Gasteiger partial charge in [0.2, 0.25) is 5.91 Å². The minimum absolute atomic E-state index is 0.0409. The number of methoxy groups -OCH3 is 1. The molecule has 0 aromatic heterocycles. The number of thioether (sulfide) groups is 1. The van der Waals surface area contributed by atoms with Crippen molar-refractivity contribution >= 4 is 28.8 Å². The number of hydrogen-bond donors (Lipinski definition) is 1. The topological polar surface area (TPSA) is 80.2 Å². The van der Waals surface area contributed by atoms with Gasteiger partial charge in [-0.2, -0.15) is 0 Å². The fraction of sp³-hybridized carbons (Fsp3) is 0.296. The maximum atomic E-state index is 15.1. The number of fused-ring (bicyclic) bond motifs is 1. The third-order valence-electron chi connectivity index (χ3n) is 5.96. The van der Waals surface area contributed by atoms with Crippen LogP contribution >= 0.6 is 11.8 Å². The number of allylic oxidation sites excluding steroid dienone is 1. The Balaban J connectivity index is 1.62. The number of hydrogen-bond acceptors (Lipinski definition) is 7. The molecule has 0 saturated heterocycles. The van der Waals surface area contributed by atoms with Crippen molar-refractivity contribution in [2.75, 3.05) is 20.3 Å². The number of carbonyl (C=O) groups is 2. The van der Waals surface area contributed by atoms with E-state index in [1.807, 2.05) is 42.7 Å². The second-order valence-electron chi connectivity index (χ2n) is 8.42. The number of ether oxygens (including phenoxy) is 2. The summed E-state index contributed by atoms with van der Waals surface area (Å²) in [4.78, 5) is 32.5. The number of benzene rings is 2. The summed E-state index contributed by atoms with van der Waals surface area (Å²) in [5.74, 6) is -1.25. The molecule has 2 aliphatic rings. The average molecular weight is 510 g/mol. The predicted octanol–water partition coefficient (Wildman–Crippen LogP) is 4.86. The molecule has 2 aliphatic heterocycles. The van der Waals surface area contributed by atoms with Gasteiger partial charge in [-0.1, -0.05) is 60.3 Å². The van der Waals surface area contributed by atoms with Crippen LogP contribution in [0.25, 0.3) is 0 Å². The summed E-state index contributed by atoms with van der Waals surface area (Å²) in [6.07, 6.45) is 0.0409. The van der Waals surface area contributed by atoms with Crippen molar-refractivity contribution in [1.29, 1.82) is 0 Å². The SMILES string of the molecule is COCCOC(=O)C1=C(C)N=C2SC=C(CC(=O)N[C@@H](C)c3ccccc3)N2[C@@H]1c1ccccc1F. The third kappa shape index (κ3) is 5.52. The zero-order valence-corrected chi connectivity index (χ0v) is 21.2. The molecule has 7 nitrogen and oxygen atoms in total. The summed E-state index contributed by atoms with van der Waals surface area (Å²) < 4.78 is 25.5. The maximum absolute atomic E-state index is 15.1. The second kappa shape index (κ2) is 11.5. The van der Waals surface area contributed by atoms with Crippen molar-refractivity contribution < 1.29 is 23.5 Å². The van der Waals surface area contributed by atoms with E-state index in [9.17, 15) is 9.59 Å². The molecule has 0 bridgehead atoms. The highest BCUT2D eigenvalue weighted by Gasteiger charge is 2.42. The van der Waals surface area contributed by atoms with Gasteiger partial charge in [-0.15, -0.1) is 0 Å². The minimum Gasteiger partial charge on any atom is -0.460 e. The van der Waals surface area contributed by atoms with Gasteiger partial charge in [0.05, 0.1) is 36.4 Å². The molecule has 36 heavy (non-hydrogen) atoms. The first-order valence-electron chi connectivity index (χ1n) is 11.6. The molecule has 9 heteroatoms. The van der Waals surface area contributed by atoms with E-state index in [-0.39, 0.29) is 37.2 Å². The van der Waals surface area contributed by atoms with E-state index in [4.69, 9.17) is 9.47 Å². The zero-order valence-electron chi connectivity index (χ0n) is 20.4. The molecule has 0 aliphatic carbocycles. The number of halogens is 1. The number of amidine groups is 1. The molecule has 0 saturated carbocycles. The van der Waals surface area contributed by atoms with Crippen molar-refractivity contribution in [3.63, 3.8) is 0 Å². The van der Waals surface area contributed by atoms with Gasteiger partial charge in [0, 0.05) is 18.4 Å². The van der Waals surface area contributed by atoms with Crippen LogP contribution in [-0.2, 0) is 19.1 Å². The zero-order chi connectivity index (χ0) is 25.7. The minimum atomic E-state index is -0.825. The molecule has 2 atom stereocenters. The van der Waals surface area contributed by atoms with Crippen LogP contribution in [0.3, 0.4) is 0 Å². The van der Waals surface area contributed by atoms with Crippen molar-refractivity contribution in [3.8, 4) is 0 Å². The molecule has 2 aromatic carbocycles. The lowest BCUT2D eigenvalue weighted by molar-refractivity contribution is -0.141. The van der Waals surface area contributed by atoms with Crippen LogP contribution in [0.4, 0.5) is 4.39 Å². The van der Waals surface area contributed by atoms with Crippen LogP contribution < -0.4 is 5.32 Å². The maximum Gasteiger partial charge on any atom is 0.338 e. The van der Waals surface area contributed by atoms with Crippen molar-refractivity contribution in [3.05, 3.63) is 93.9 Å². The molecule has 0 radical (unpaired) electrons. The number of rotatable bonds is 9. The van der Waals surface area contributed by atoms with Gasteiger partial charge in [-0.05, 0) is 30.9 Å². The lowest BCUT2D eigenvalue weighted by Crippen LogP contribution is -2.38. The number of esters is 1. The summed E-state index contributed by atoms with van der Waals surface area (Å²) in [5, 5.41) is 5.42. The Morgan fingerprint density at radius 1 is 1.14 bits per heavy atom. The van der Waals surface area contributed by atoms with Crippen molar-refractivity contribution in [1.82, 2.24) is 10.2 Å². The summed E-state index contributed by atoms with van der Waals surface area (Å²) in [5.41, 5.74) is 2.59. The first-order chi connectivity index (χ1) is 17.4. The first-order valence-corrected chi connectivity index (χ1v) is 12.5. The highest BCUT2D eigenvalue weighted by Crippen LogP contribution is 2.45. The van der Waals surface area contributed by atoms with Gasteiger partial charge in [0.1, 0.15) is 12.4 Å². The molecule has 188 valence electrons. The molecule has 0 fully saturated rings. The number of aliphatic imine (C=N–C) groups is 1. The molecule has 2 heterocycles. The van der Waals surface area contributed by atoms with Crippen LogP contribution in [0.1, 0.15) is 43.5 Å². The Labute approximate surface area is 214 Å². The Bertz CT molecular complexity index is 1230. The Morgan fingerprint density at radius 3 is 2.58 bits per heavy atom. The van der Waals surface area contributed by atoms with E-state index in [1.54, 1.807) is 30.0 Å². The molecule has 1 N–H and O–H groups in total. The summed E-state index contributed by atoms with van der Waals surface area (Å²) >= 11 is 1.34. The van der Waals surface area contributed by atoms with Crippen LogP contribution in [-0.4, -0.2) is 42.3 Å². The fourth-order valence-electron chi connectivity index (χ4n) is 4.20. The number of nitrogens with zero attached hydrogens (tertiary/aromatic N) is 2. The molecule has 1 amide bonds. The third-order valence-corrected chi connectivity index (χ3v) is 6.85. The molecular weight excluding hydrogens is 481 g/mol. The van der Waals surface area contributed by atoms with E-state index >= 15 is 4.39 Å². The monoisotopic (exact) mass is 509 g/mol. The highest BCUT2D eigenvalue weighted by atomic mass is 32.2. The van der Waals surface area contributed by atoms with Gasteiger partial charge < -0.3 is 19.7 Å². The molecular formula is C27H28FN3O4S. The summed E-state index contributed by atoms with van der Waals surface area (Å²) in [7, 11) is 1.51. The van der Waals surface area contributed by atoms with E-state index in [0.717, 1.165) is 5.56 Å². The Hall–Kier alpha value is -3.43. The molecule has 4 rings (SSSR count). The van der Waals surface area contributed by atoms with E-state index < -0.39 is 17.8 Å². The van der Waals surface area contributed by atoms with Crippen molar-refractivity contribution in [2.45, 2.75) is 32.4 Å². The van der Waals surface area contributed by atoms with Gasteiger partial charge in [-0.25, -0.2) is 14.2 Å². The lowest BCUT2D eigenvalue weighted by atomic mass is 9.93. The van der Waals surface area contributed by atoms with Crippen LogP contribution in [0.2, 0.25) is 0 Å². The van der Waals surface area contributed by atoms with E-state index in [0.29, 0.717) is 22.1 Å². The predicted molar refractivity (Wildman–Crippen MR) is 137 cm³/mol. The van der Waals surface area contributed by atoms with Gasteiger partial charge in [0.25, 0.3) is 0 Å².